The third-order valence-corrected chi connectivity index (χ3v) is 2.18. The van der Waals surface area contributed by atoms with Crippen molar-refractivity contribution in [1.82, 2.24) is 5.32 Å². The first kappa shape index (κ1) is 14.0. The van der Waals surface area contributed by atoms with Crippen molar-refractivity contribution in [2.45, 2.75) is 39.0 Å². The quantitative estimate of drug-likeness (QED) is 0.787. The van der Waals surface area contributed by atoms with Crippen molar-refractivity contribution >= 4 is 0 Å². The highest BCUT2D eigenvalue weighted by atomic mass is 19.4. The first-order valence-corrected chi connectivity index (χ1v) is 5.20. The number of hydrogen-bond donors (Lipinski definition) is 1. The fraction of sp³-hybridized carbons (Fsp3) is 0.500. The van der Waals surface area contributed by atoms with Crippen LogP contribution in [0.15, 0.2) is 18.2 Å². The molecule has 0 spiro atoms. The van der Waals surface area contributed by atoms with Gasteiger partial charge in [0, 0.05) is 17.6 Å². The Bertz CT molecular complexity index is 390. The van der Waals surface area contributed by atoms with Crippen molar-refractivity contribution in [3.63, 3.8) is 0 Å². The van der Waals surface area contributed by atoms with Crippen molar-refractivity contribution in [2.75, 3.05) is 0 Å². The minimum Gasteiger partial charge on any atom is -0.308 e. The summed E-state index contributed by atoms with van der Waals surface area (Å²) in [5, 5.41) is 2.95. The van der Waals surface area contributed by atoms with E-state index in [9.17, 15) is 17.6 Å². The fourth-order valence-corrected chi connectivity index (χ4v) is 1.25. The van der Waals surface area contributed by atoms with E-state index < -0.39 is 17.6 Å². The van der Waals surface area contributed by atoms with Gasteiger partial charge in [0.05, 0.1) is 5.56 Å². The molecule has 0 fully saturated rings. The minimum atomic E-state index is -4.44. The third-order valence-electron chi connectivity index (χ3n) is 2.18. The van der Waals surface area contributed by atoms with Crippen LogP contribution < -0.4 is 5.32 Å². The number of halogens is 4. The molecule has 5 heteroatoms. The van der Waals surface area contributed by atoms with Gasteiger partial charge in [-0.05, 0) is 39.0 Å². The molecular weight excluding hydrogens is 234 g/mol. The van der Waals surface area contributed by atoms with Gasteiger partial charge in [0.1, 0.15) is 5.82 Å². The molecule has 0 bridgehead atoms. The van der Waals surface area contributed by atoms with Gasteiger partial charge in [0.2, 0.25) is 0 Å². The molecule has 0 heterocycles. The van der Waals surface area contributed by atoms with Crippen LogP contribution in [0.25, 0.3) is 0 Å². The zero-order valence-electron chi connectivity index (χ0n) is 9.95. The number of hydrogen-bond acceptors (Lipinski definition) is 1. The van der Waals surface area contributed by atoms with E-state index in [1.807, 2.05) is 20.8 Å². The highest BCUT2D eigenvalue weighted by Crippen LogP contribution is 2.30. The van der Waals surface area contributed by atoms with Crippen LogP contribution in [0.4, 0.5) is 17.6 Å². The van der Waals surface area contributed by atoms with Gasteiger partial charge in [-0.3, -0.25) is 0 Å². The largest absolute Gasteiger partial charge is 0.416 e. The van der Waals surface area contributed by atoms with Crippen LogP contribution >= 0.6 is 0 Å². The molecule has 0 saturated heterocycles. The predicted octanol–water partition coefficient (Wildman–Crippen LogP) is 3.73. The Kier molecular flexibility index (Phi) is 3.81. The van der Waals surface area contributed by atoms with Crippen LogP contribution in [0.1, 0.15) is 31.9 Å². The maximum atomic E-state index is 13.3. The van der Waals surface area contributed by atoms with E-state index >= 15 is 0 Å². The van der Waals surface area contributed by atoms with Gasteiger partial charge >= 0.3 is 6.18 Å². The van der Waals surface area contributed by atoms with Crippen molar-refractivity contribution in [3.05, 3.63) is 35.1 Å². The molecular formula is C12H15F4N. The molecule has 0 aliphatic carbocycles. The Morgan fingerprint density at radius 1 is 1.12 bits per heavy atom. The summed E-state index contributed by atoms with van der Waals surface area (Å²) in [4.78, 5) is 0. The van der Waals surface area contributed by atoms with Gasteiger partial charge in [-0.25, -0.2) is 4.39 Å². The van der Waals surface area contributed by atoms with E-state index in [1.165, 1.54) is 0 Å². The second kappa shape index (κ2) is 4.64. The molecule has 96 valence electrons. The molecule has 1 aromatic rings. The van der Waals surface area contributed by atoms with Gasteiger partial charge in [-0.15, -0.1) is 0 Å². The Morgan fingerprint density at radius 3 is 2.18 bits per heavy atom. The summed E-state index contributed by atoms with van der Waals surface area (Å²) in [5.41, 5.74) is -1.08. The fourth-order valence-electron chi connectivity index (χ4n) is 1.25. The van der Waals surface area contributed by atoms with Crippen LogP contribution in [0.3, 0.4) is 0 Å². The Hall–Kier alpha value is -1.10. The summed E-state index contributed by atoms with van der Waals surface area (Å²) >= 11 is 0. The Labute approximate surface area is 97.8 Å². The molecule has 1 nitrogen and oxygen atoms in total. The van der Waals surface area contributed by atoms with E-state index in [4.69, 9.17) is 0 Å². The second-order valence-electron chi connectivity index (χ2n) is 4.91. The minimum absolute atomic E-state index is 0.0229. The molecule has 1 N–H and O–H groups in total. The molecule has 0 radical (unpaired) electrons. The summed E-state index contributed by atoms with van der Waals surface area (Å²) in [5.74, 6) is -0.630. The van der Waals surface area contributed by atoms with Crippen LogP contribution in [-0.2, 0) is 12.7 Å². The van der Waals surface area contributed by atoms with E-state index in [0.717, 1.165) is 18.2 Å². The Balaban J connectivity index is 2.92. The van der Waals surface area contributed by atoms with Crippen molar-refractivity contribution in [1.29, 1.82) is 0 Å². The van der Waals surface area contributed by atoms with Crippen LogP contribution in [0, 0.1) is 5.82 Å². The van der Waals surface area contributed by atoms with E-state index in [-0.39, 0.29) is 17.6 Å². The molecule has 0 amide bonds. The number of benzene rings is 1. The lowest BCUT2D eigenvalue weighted by atomic mass is 10.1. The first-order chi connectivity index (χ1) is 7.59. The molecule has 1 rings (SSSR count). The third kappa shape index (κ3) is 4.34. The highest BCUT2D eigenvalue weighted by Gasteiger charge is 2.31. The molecule has 0 aromatic heterocycles. The first-order valence-electron chi connectivity index (χ1n) is 5.20. The smallest absolute Gasteiger partial charge is 0.308 e. The van der Waals surface area contributed by atoms with Gasteiger partial charge in [-0.2, -0.15) is 13.2 Å². The number of nitrogens with one attached hydrogen (secondary N) is 1. The topological polar surface area (TPSA) is 12.0 Å². The number of rotatable bonds is 2. The zero-order chi connectivity index (χ0) is 13.3. The van der Waals surface area contributed by atoms with Crippen LogP contribution in [-0.4, -0.2) is 5.54 Å². The van der Waals surface area contributed by atoms with Crippen LogP contribution in [0.5, 0.6) is 0 Å². The van der Waals surface area contributed by atoms with E-state index in [1.54, 1.807) is 0 Å². The molecule has 0 aliphatic heterocycles. The van der Waals surface area contributed by atoms with Gasteiger partial charge < -0.3 is 5.32 Å². The highest BCUT2D eigenvalue weighted by molar-refractivity contribution is 5.27. The lowest BCUT2D eigenvalue weighted by Crippen LogP contribution is -2.35. The van der Waals surface area contributed by atoms with Crippen molar-refractivity contribution < 1.29 is 17.6 Å². The second-order valence-corrected chi connectivity index (χ2v) is 4.91. The zero-order valence-corrected chi connectivity index (χ0v) is 9.95. The SMILES string of the molecule is CC(C)(C)NCc1cc(C(F)(F)F)ccc1F. The average molecular weight is 249 g/mol. The van der Waals surface area contributed by atoms with Crippen molar-refractivity contribution in [2.24, 2.45) is 0 Å². The molecule has 0 saturated carbocycles. The Morgan fingerprint density at radius 2 is 1.71 bits per heavy atom. The summed E-state index contributed by atoms with van der Waals surface area (Å²) in [6, 6.07) is 2.44. The van der Waals surface area contributed by atoms with E-state index in [0.29, 0.717) is 0 Å². The maximum Gasteiger partial charge on any atom is 0.416 e. The predicted molar refractivity (Wildman–Crippen MR) is 58.0 cm³/mol. The molecule has 1 aromatic carbocycles. The maximum absolute atomic E-state index is 13.3. The average Bonchev–Trinajstić information content (AvgIpc) is 2.13. The summed E-state index contributed by atoms with van der Waals surface area (Å²) in [6.45, 7) is 5.65. The molecule has 17 heavy (non-hydrogen) atoms. The van der Waals surface area contributed by atoms with Gasteiger partial charge in [0.15, 0.2) is 0 Å². The van der Waals surface area contributed by atoms with Crippen LogP contribution in [0.2, 0.25) is 0 Å². The molecule has 0 unspecified atom stereocenters. The number of alkyl halides is 3. The summed E-state index contributed by atoms with van der Waals surface area (Å²) in [7, 11) is 0. The molecule has 0 aliphatic rings. The van der Waals surface area contributed by atoms with Gasteiger partial charge in [0.25, 0.3) is 0 Å². The lowest BCUT2D eigenvalue weighted by molar-refractivity contribution is -0.137. The van der Waals surface area contributed by atoms with Gasteiger partial charge in [-0.1, -0.05) is 0 Å². The normalized spacial score (nSPS) is 12.9. The van der Waals surface area contributed by atoms with Crippen molar-refractivity contribution in [3.8, 4) is 0 Å². The molecule has 0 atom stereocenters. The summed E-state index contributed by atoms with van der Waals surface area (Å²) in [6.07, 6.45) is -4.44. The summed E-state index contributed by atoms with van der Waals surface area (Å²) < 4.78 is 50.6. The van der Waals surface area contributed by atoms with E-state index in [2.05, 4.69) is 5.32 Å². The standard InChI is InChI=1S/C12H15F4N/c1-11(2,3)17-7-8-6-9(12(14,15)16)4-5-10(8)13/h4-6,17H,7H2,1-3H3. The monoisotopic (exact) mass is 249 g/mol. The lowest BCUT2D eigenvalue weighted by Gasteiger charge is -2.21.